The summed E-state index contributed by atoms with van der Waals surface area (Å²) in [6.07, 6.45) is 4.59. The molecule has 1 aromatic carbocycles. The fourth-order valence-electron chi connectivity index (χ4n) is 2.91. The highest BCUT2D eigenvalue weighted by Gasteiger charge is 2.22. The van der Waals surface area contributed by atoms with Gasteiger partial charge in [-0.15, -0.1) is 0 Å². The number of benzene rings is 1. The van der Waals surface area contributed by atoms with Gasteiger partial charge >= 0.3 is 6.03 Å². The van der Waals surface area contributed by atoms with E-state index in [-0.39, 0.29) is 17.8 Å². The smallest absolute Gasteiger partial charge is 0.315 e. The maximum absolute atomic E-state index is 11.9. The van der Waals surface area contributed by atoms with Crippen molar-refractivity contribution in [1.82, 2.24) is 10.6 Å². The number of urea groups is 1. The molecule has 1 aliphatic carbocycles. The molecule has 0 bridgehead atoms. The lowest BCUT2D eigenvalue weighted by Gasteiger charge is -2.29. The molecule has 1 aliphatic rings. The van der Waals surface area contributed by atoms with Crippen molar-refractivity contribution < 1.29 is 9.72 Å². The molecule has 126 valence electrons. The summed E-state index contributed by atoms with van der Waals surface area (Å²) in [5.74, 6) is 0.514. The summed E-state index contributed by atoms with van der Waals surface area (Å²) in [5, 5.41) is 19.7. The molecule has 2 rings (SSSR count). The Labute approximate surface area is 136 Å². The van der Waals surface area contributed by atoms with E-state index < -0.39 is 4.92 Å². The zero-order chi connectivity index (χ0) is 16.7. The molecule has 0 spiro atoms. The van der Waals surface area contributed by atoms with Gasteiger partial charge in [0.15, 0.2) is 0 Å². The molecule has 1 saturated carbocycles. The standard InChI is InChI=1S/C16H24N4O3/c1-12-6-2-3-7-13(12)19-16(21)18-11-10-17-14-8-4-5-9-15(14)20(22)23/h4-5,8-9,12-13,17H,2-3,6-7,10-11H2,1H3,(H2,18,19,21)/t12-,13-/m1/s1. The second-order valence-corrected chi connectivity index (χ2v) is 5.97. The van der Waals surface area contributed by atoms with Gasteiger partial charge < -0.3 is 16.0 Å². The third kappa shape index (κ3) is 5.12. The van der Waals surface area contributed by atoms with Gasteiger partial charge in [0.2, 0.25) is 0 Å². The number of amides is 2. The van der Waals surface area contributed by atoms with Crippen LogP contribution in [0.5, 0.6) is 0 Å². The SMILES string of the molecule is C[C@@H]1CCCC[C@H]1NC(=O)NCCNc1ccccc1[N+](=O)[O-]. The summed E-state index contributed by atoms with van der Waals surface area (Å²) in [6, 6.07) is 6.54. The molecule has 0 aromatic heterocycles. The minimum absolute atomic E-state index is 0.0352. The van der Waals surface area contributed by atoms with Crippen LogP contribution in [0.25, 0.3) is 0 Å². The Balaban J connectivity index is 1.71. The Kier molecular flexibility index (Phi) is 6.19. The fraction of sp³-hybridized carbons (Fsp3) is 0.562. The molecule has 0 unspecified atom stereocenters. The van der Waals surface area contributed by atoms with Crippen LogP contribution in [-0.4, -0.2) is 30.1 Å². The summed E-state index contributed by atoms with van der Waals surface area (Å²) in [5.41, 5.74) is 0.494. The average molecular weight is 320 g/mol. The van der Waals surface area contributed by atoms with Crippen LogP contribution in [0, 0.1) is 16.0 Å². The summed E-state index contributed by atoms with van der Waals surface area (Å²) in [6.45, 7) is 3.00. The van der Waals surface area contributed by atoms with Crippen LogP contribution in [0.1, 0.15) is 32.6 Å². The lowest BCUT2D eigenvalue weighted by molar-refractivity contribution is -0.384. The molecule has 0 aliphatic heterocycles. The van der Waals surface area contributed by atoms with Gasteiger partial charge in [-0.05, 0) is 24.8 Å². The van der Waals surface area contributed by atoms with Gasteiger partial charge in [0.25, 0.3) is 5.69 Å². The topological polar surface area (TPSA) is 96.3 Å². The van der Waals surface area contributed by atoms with Crippen LogP contribution in [0.2, 0.25) is 0 Å². The van der Waals surface area contributed by atoms with E-state index in [4.69, 9.17) is 0 Å². The van der Waals surface area contributed by atoms with E-state index >= 15 is 0 Å². The average Bonchev–Trinajstić information content (AvgIpc) is 2.54. The molecule has 2 amide bonds. The minimum Gasteiger partial charge on any atom is -0.378 e. The first-order valence-corrected chi connectivity index (χ1v) is 8.09. The van der Waals surface area contributed by atoms with Crippen LogP contribution < -0.4 is 16.0 Å². The zero-order valence-electron chi connectivity index (χ0n) is 13.4. The number of anilines is 1. The molecular formula is C16H24N4O3. The maximum atomic E-state index is 11.9. The molecule has 23 heavy (non-hydrogen) atoms. The molecule has 7 heteroatoms. The number of hydrogen-bond donors (Lipinski definition) is 3. The quantitative estimate of drug-likeness (QED) is 0.426. The highest BCUT2D eigenvalue weighted by Crippen LogP contribution is 2.24. The molecule has 3 N–H and O–H groups in total. The molecule has 7 nitrogen and oxygen atoms in total. The van der Waals surface area contributed by atoms with E-state index in [1.54, 1.807) is 18.2 Å². The predicted molar refractivity (Wildman–Crippen MR) is 89.5 cm³/mol. The first kappa shape index (κ1) is 17.1. The Morgan fingerprint density at radius 3 is 2.74 bits per heavy atom. The lowest BCUT2D eigenvalue weighted by atomic mass is 9.86. The van der Waals surface area contributed by atoms with Gasteiger partial charge in [0.1, 0.15) is 5.69 Å². The number of carbonyl (C=O) groups is 1. The van der Waals surface area contributed by atoms with Crippen molar-refractivity contribution in [3.05, 3.63) is 34.4 Å². The Morgan fingerprint density at radius 1 is 1.26 bits per heavy atom. The van der Waals surface area contributed by atoms with Crippen LogP contribution in [0.4, 0.5) is 16.2 Å². The first-order valence-electron chi connectivity index (χ1n) is 8.09. The minimum atomic E-state index is -0.424. The fourth-order valence-corrected chi connectivity index (χ4v) is 2.91. The zero-order valence-corrected chi connectivity index (χ0v) is 13.4. The van der Waals surface area contributed by atoms with Gasteiger partial charge in [-0.25, -0.2) is 4.79 Å². The van der Waals surface area contributed by atoms with Crippen LogP contribution in [0.3, 0.4) is 0 Å². The number of nitro groups is 1. The van der Waals surface area contributed by atoms with Gasteiger partial charge in [-0.1, -0.05) is 31.9 Å². The van der Waals surface area contributed by atoms with Gasteiger partial charge in [0, 0.05) is 25.2 Å². The third-order valence-corrected chi connectivity index (χ3v) is 4.25. The van der Waals surface area contributed by atoms with Crippen molar-refractivity contribution in [3.63, 3.8) is 0 Å². The van der Waals surface area contributed by atoms with Crippen molar-refractivity contribution in [1.29, 1.82) is 0 Å². The Bertz CT molecular complexity index is 550. The number of nitro benzene ring substituents is 1. The second-order valence-electron chi connectivity index (χ2n) is 5.97. The Morgan fingerprint density at radius 2 is 2.00 bits per heavy atom. The van der Waals surface area contributed by atoms with E-state index in [0.717, 1.165) is 19.3 Å². The van der Waals surface area contributed by atoms with Crippen molar-refractivity contribution in [2.24, 2.45) is 5.92 Å². The molecule has 0 heterocycles. The van der Waals surface area contributed by atoms with E-state index in [1.165, 1.54) is 12.5 Å². The summed E-state index contributed by atoms with van der Waals surface area (Å²) in [7, 11) is 0. The first-order chi connectivity index (χ1) is 11.1. The number of carbonyl (C=O) groups excluding carboxylic acids is 1. The van der Waals surface area contributed by atoms with Gasteiger partial charge in [-0.3, -0.25) is 10.1 Å². The van der Waals surface area contributed by atoms with Gasteiger partial charge in [-0.2, -0.15) is 0 Å². The van der Waals surface area contributed by atoms with Crippen LogP contribution in [0.15, 0.2) is 24.3 Å². The number of rotatable bonds is 6. The largest absolute Gasteiger partial charge is 0.378 e. The van der Waals surface area contributed by atoms with E-state index in [2.05, 4.69) is 22.9 Å². The second kappa shape index (κ2) is 8.36. The predicted octanol–water partition coefficient (Wildman–Crippen LogP) is 2.88. The van der Waals surface area contributed by atoms with Gasteiger partial charge in [0.05, 0.1) is 4.92 Å². The molecule has 1 aromatic rings. The highest BCUT2D eigenvalue weighted by molar-refractivity contribution is 5.74. The monoisotopic (exact) mass is 320 g/mol. The lowest BCUT2D eigenvalue weighted by Crippen LogP contribution is -2.47. The van der Waals surface area contributed by atoms with Crippen molar-refractivity contribution >= 4 is 17.4 Å². The summed E-state index contributed by atoms with van der Waals surface area (Å²) in [4.78, 5) is 22.4. The highest BCUT2D eigenvalue weighted by atomic mass is 16.6. The number of para-hydroxylation sites is 2. The molecule has 0 radical (unpaired) electrons. The number of nitrogens with one attached hydrogen (secondary N) is 3. The van der Waals surface area contributed by atoms with Crippen LogP contribution in [-0.2, 0) is 0 Å². The number of nitrogens with zero attached hydrogens (tertiary/aromatic N) is 1. The van der Waals surface area contributed by atoms with Crippen molar-refractivity contribution in [2.75, 3.05) is 18.4 Å². The van der Waals surface area contributed by atoms with Crippen molar-refractivity contribution in [2.45, 2.75) is 38.6 Å². The molecule has 0 saturated heterocycles. The number of hydrogen-bond acceptors (Lipinski definition) is 4. The maximum Gasteiger partial charge on any atom is 0.315 e. The van der Waals surface area contributed by atoms with Crippen LogP contribution >= 0.6 is 0 Å². The van der Waals surface area contributed by atoms with E-state index in [9.17, 15) is 14.9 Å². The van der Waals surface area contributed by atoms with E-state index in [0.29, 0.717) is 24.7 Å². The molecule has 1 fully saturated rings. The summed E-state index contributed by atoms with van der Waals surface area (Å²) < 4.78 is 0. The van der Waals surface area contributed by atoms with Crippen molar-refractivity contribution in [3.8, 4) is 0 Å². The normalized spacial score (nSPS) is 20.6. The third-order valence-electron chi connectivity index (χ3n) is 4.25. The summed E-state index contributed by atoms with van der Waals surface area (Å²) >= 11 is 0. The van der Waals surface area contributed by atoms with E-state index in [1.807, 2.05) is 0 Å². The molecule has 2 atom stereocenters. The Hall–Kier alpha value is -2.31. The molecular weight excluding hydrogens is 296 g/mol.